The van der Waals surface area contributed by atoms with Gasteiger partial charge in [0.2, 0.25) is 0 Å². The van der Waals surface area contributed by atoms with Crippen molar-refractivity contribution >= 4 is 28.5 Å². The fourth-order valence-corrected chi connectivity index (χ4v) is 6.67. The Morgan fingerprint density at radius 2 is 1.71 bits per heavy atom. The summed E-state index contributed by atoms with van der Waals surface area (Å²) in [6.07, 6.45) is 6.85. The summed E-state index contributed by atoms with van der Waals surface area (Å²) in [5, 5.41) is 0. The zero-order valence-corrected chi connectivity index (χ0v) is 24.8. The molecule has 0 aliphatic carbocycles. The van der Waals surface area contributed by atoms with E-state index in [9.17, 15) is 9.59 Å². The van der Waals surface area contributed by atoms with E-state index in [1.54, 1.807) is 19.1 Å². The van der Waals surface area contributed by atoms with Gasteiger partial charge < -0.3 is 24.4 Å². The maximum atomic E-state index is 13.7. The highest BCUT2D eigenvalue weighted by Gasteiger charge is 2.41. The number of methoxy groups -OCH3 is 1. The predicted octanol–water partition coefficient (Wildman–Crippen LogP) is 4.99. The van der Waals surface area contributed by atoms with Crippen LogP contribution in [0.15, 0.2) is 54.9 Å². The minimum absolute atomic E-state index is 0.0198. The molecular weight excluding hydrogens is 528 g/mol. The van der Waals surface area contributed by atoms with Gasteiger partial charge >= 0.3 is 0 Å². The average Bonchev–Trinajstić information content (AvgIpc) is 3.61. The van der Waals surface area contributed by atoms with Crippen LogP contribution in [0.1, 0.15) is 56.9 Å². The molecule has 2 aliphatic rings. The molecule has 4 heterocycles. The van der Waals surface area contributed by atoms with Crippen LogP contribution in [-0.4, -0.2) is 76.9 Å². The molecule has 0 saturated carbocycles. The molecule has 6 rings (SSSR count). The van der Waals surface area contributed by atoms with E-state index >= 15 is 0 Å². The van der Waals surface area contributed by atoms with E-state index in [1.165, 1.54) is 5.69 Å². The van der Waals surface area contributed by atoms with E-state index in [-0.39, 0.29) is 17.2 Å². The van der Waals surface area contributed by atoms with E-state index in [2.05, 4.69) is 27.0 Å². The van der Waals surface area contributed by atoms with Crippen LogP contribution >= 0.6 is 0 Å². The number of ether oxygens (including phenoxy) is 1. The third-order valence-corrected chi connectivity index (χ3v) is 9.06. The highest BCUT2D eigenvalue weighted by molar-refractivity contribution is 6.05. The van der Waals surface area contributed by atoms with Gasteiger partial charge in [0.15, 0.2) is 0 Å². The summed E-state index contributed by atoms with van der Waals surface area (Å²) in [7, 11) is 3.39. The van der Waals surface area contributed by atoms with E-state index in [1.807, 2.05) is 61.5 Å². The van der Waals surface area contributed by atoms with Crippen molar-refractivity contribution in [2.75, 3.05) is 45.2 Å². The minimum Gasteiger partial charge on any atom is -0.497 e. The third-order valence-electron chi connectivity index (χ3n) is 9.06. The summed E-state index contributed by atoms with van der Waals surface area (Å²) >= 11 is 0. The maximum Gasteiger partial charge on any atom is 0.256 e. The number of anilines is 1. The van der Waals surface area contributed by atoms with Gasteiger partial charge in [0.25, 0.3) is 11.8 Å². The topological polar surface area (TPSA) is 94.7 Å². The summed E-state index contributed by atoms with van der Waals surface area (Å²) < 4.78 is 5.35. The lowest BCUT2D eigenvalue weighted by molar-refractivity contribution is 0.0611. The quantitative estimate of drug-likeness (QED) is 0.354. The van der Waals surface area contributed by atoms with Crippen molar-refractivity contribution in [3.63, 3.8) is 0 Å². The van der Waals surface area contributed by atoms with Crippen LogP contribution in [0.4, 0.5) is 5.69 Å². The van der Waals surface area contributed by atoms with Crippen LogP contribution in [0.5, 0.6) is 5.75 Å². The number of H-pyrrole nitrogens is 1. The number of aryl methyl sites for hydroxylation is 2. The maximum absolute atomic E-state index is 13.7. The van der Waals surface area contributed by atoms with Crippen molar-refractivity contribution in [3.8, 4) is 5.75 Å². The zero-order valence-electron chi connectivity index (χ0n) is 24.8. The highest BCUT2D eigenvalue weighted by atomic mass is 16.5. The summed E-state index contributed by atoms with van der Waals surface area (Å²) in [5.74, 6) is 1.31. The monoisotopic (exact) mass is 566 g/mol. The van der Waals surface area contributed by atoms with Crippen molar-refractivity contribution in [3.05, 3.63) is 82.9 Å². The Hall–Kier alpha value is -4.40. The number of imidazole rings is 1. The number of likely N-dealkylation sites (tertiary alicyclic amines) is 1. The molecule has 0 bridgehead atoms. The van der Waals surface area contributed by atoms with Crippen molar-refractivity contribution < 1.29 is 14.3 Å². The lowest BCUT2D eigenvalue weighted by Gasteiger charge is -2.39. The first kappa shape index (κ1) is 27.8. The number of piperidine rings is 1. The summed E-state index contributed by atoms with van der Waals surface area (Å²) in [4.78, 5) is 45.5. The van der Waals surface area contributed by atoms with Gasteiger partial charge in [0.1, 0.15) is 17.1 Å². The number of para-hydroxylation sites is 1. The van der Waals surface area contributed by atoms with Gasteiger partial charge in [0, 0.05) is 56.9 Å². The molecule has 9 nitrogen and oxygen atoms in total. The summed E-state index contributed by atoms with van der Waals surface area (Å²) in [6.45, 7) is 7.69. The van der Waals surface area contributed by atoms with Crippen LogP contribution in [0.3, 0.4) is 0 Å². The van der Waals surface area contributed by atoms with Crippen LogP contribution in [-0.2, 0) is 6.54 Å². The standard InChI is InChI=1S/C33H38N6O3/c1-22-18-25(42-4)19-23(2)29(22)32(41)37(3)20-28-35-27-7-5-6-26(30(27)36-28)31(40)38-15-10-33(11-16-38)12-17-39(21-33)24-8-13-34-14-9-24/h5-9,13-14,18-19H,10-12,15-17,20-21H2,1-4H3,(H,35,36). The van der Waals surface area contributed by atoms with Gasteiger partial charge in [-0.25, -0.2) is 4.98 Å². The fraction of sp³-hybridized carbons (Fsp3) is 0.394. The molecule has 2 amide bonds. The Kier molecular flexibility index (Phi) is 7.35. The van der Waals surface area contributed by atoms with E-state index in [0.717, 1.165) is 67.8 Å². The second kappa shape index (κ2) is 11.1. The molecule has 2 fully saturated rings. The first-order valence-corrected chi connectivity index (χ1v) is 14.6. The number of pyridine rings is 1. The number of fused-ring (bicyclic) bond motifs is 1. The fourth-order valence-electron chi connectivity index (χ4n) is 6.67. The second-order valence-corrected chi connectivity index (χ2v) is 11.9. The largest absolute Gasteiger partial charge is 0.497 e. The molecule has 4 aromatic rings. The number of aromatic nitrogens is 3. The molecule has 9 heteroatoms. The first-order chi connectivity index (χ1) is 20.3. The number of hydrogen-bond donors (Lipinski definition) is 1. The van der Waals surface area contributed by atoms with Crippen molar-refractivity contribution in [2.24, 2.45) is 5.41 Å². The SMILES string of the molecule is COc1cc(C)c(C(=O)N(C)Cc2nc3c(C(=O)N4CCC5(CC4)CCN(c4ccncc4)C5)cccc3[nH]2)c(C)c1. The number of nitrogens with one attached hydrogen (secondary N) is 1. The van der Waals surface area contributed by atoms with Crippen molar-refractivity contribution in [1.82, 2.24) is 24.8 Å². The smallest absolute Gasteiger partial charge is 0.256 e. The van der Waals surface area contributed by atoms with Gasteiger partial charge in [-0.1, -0.05) is 6.07 Å². The average molecular weight is 567 g/mol. The van der Waals surface area contributed by atoms with Crippen LogP contribution < -0.4 is 9.64 Å². The van der Waals surface area contributed by atoms with E-state index in [4.69, 9.17) is 9.72 Å². The molecule has 2 saturated heterocycles. The molecule has 1 N–H and O–H groups in total. The van der Waals surface area contributed by atoms with E-state index in [0.29, 0.717) is 29.0 Å². The molecule has 2 aliphatic heterocycles. The van der Waals surface area contributed by atoms with Gasteiger partial charge in [-0.2, -0.15) is 0 Å². The van der Waals surface area contributed by atoms with Gasteiger partial charge in [-0.3, -0.25) is 14.6 Å². The van der Waals surface area contributed by atoms with Gasteiger partial charge in [-0.05, 0) is 86.1 Å². The summed E-state index contributed by atoms with van der Waals surface area (Å²) in [5.41, 5.74) is 5.93. The lowest BCUT2D eigenvalue weighted by Crippen LogP contribution is -2.44. The number of carbonyl (C=O) groups excluding carboxylic acids is 2. The van der Waals surface area contributed by atoms with Crippen LogP contribution in [0.2, 0.25) is 0 Å². The molecule has 2 aromatic carbocycles. The molecule has 0 unspecified atom stereocenters. The van der Waals surface area contributed by atoms with Crippen molar-refractivity contribution in [1.29, 1.82) is 0 Å². The number of amides is 2. The van der Waals surface area contributed by atoms with Crippen molar-refractivity contribution in [2.45, 2.75) is 39.7 Å². The number of nitrogens with zero attached hydrogens (tertiary/aromatic N) is 5. The number of rotatable bonds is 6. The minimum atomic E-state index is -0.0823. The Bertz CT molecular complexity index is 1600. The third kappa shape index (κ3) is 5.19. The van der Waals surface area contributed by atoms with Gasteiger partial charge in [0.05, 0.1) is 24.7 Å². The van der Waals surface area contributed by atoms with Crippen LogP contribution in [0.25, 0.3) is 11.0 Å². The second-order valence-electron chi connectivity index (χ2n) is 11.9. The summed E-state index contributed by atoms with van der Waals surface area (Å²) in [6, 6.07) is 13.6. The Morgan fingerprint density at radius 3 is 2.40 bits per heavy atom. The Labute approximate surface area is 246 Å². The zero-order chi connectivity index (χ0) is 29.4. The number of aromatic amines is 1. The molecule has 2 aromatic heterocycles. The number of benzene rings is 2. The Morgan fingerprint density at radius 1 is 1.02 bits per heavy atom. The van der Waals surface area contributed by atoms with Gasteiger partial charge in [-0.15, -0.1) is 0 Å². The first-order valence-electron chi connectivity index (χ1n) is 14.6. The number of hydrogen-bond acceptors (Lipinski definition) is 6. The molecular formula is C33H38N6O3. The predicted molar refractivity (Wildman–Crippen MR) is 163 cm³/mol. The Balaban J connectivity index is 1.14. The lowest BCUT2D eigenvalue weighted by atomic mass is 9.77. The normalized spacial score (nSPS) is 16.3. The molecule has 218 valence electrons. The molecule has 42 heavy (non-hydrogen) atoms. The van der Waals surface area contributed by atoms with Crippen LogP contribution in [0, 0.1) is 19.3 Å². The number of carbonyl (C=O) groups is 2. The van der Waals surface area contributed by atoms with E-state index < -0.39 is 0 Å². The molecule has 1 spiro atoms. The molecule has 0 radical (unpaired) electrons. The highest BCUT2D eigenvalue weighted by Crippen LogP contribution is 2.42. The molecule has 0 atom stereocenters.